The van der Waals surface area contributed by atoms with E-state index >= 15 is 0 Å². The summed E-state index contributed by atoms with van der Waals surface area (Å²) < 4.78 is 5.26. The minimum absolute atomic E-state index is 0.508. The van der Waals surface area contributed by atoms with Crippen LogP contribution >= 0.6 is 0 Å². The normalized spacial score (nSPS) is 16.0. The van der Waals surface area contributed by atoms with E-state index in [1.54, 1.807) is 7.11 Å². The summed E-state index contributed by atoms with van der Waals surface area (Å²) in [4.78, 5) is 11.4. The van der Waals surface area contributed by atoms with Gasteiger partial charge in [-0.25, -0.2) is 4.98 Å². The minimum atomic E-state index is 0.508. The third kappa shape index (κ3) is 3.60. The zero-order valence-electron chi connectivity index (χ0n) is 13.0. The molecule has 0 bridgehead atoms. The molecule has 1 aromatic heterocycles. The standard InChI is InChI=1S/C15H26N4O/c1-5-16-15-17-10-11(2)14(18-15)19(8-9-20-4)12(3)13-6-7-13/h10,12-13H,5-9H2,1-4H3,(H,16,17,18). The second-order valence-electron chi connectivity index (χ2n) is 5.49. The molecule has 1 heterocycles. The highest BCUT2D eigenvalue weighted by Crippen LogP contribution is 2.37. The molecule has 1 aliphatic rings. The molecule has 1 atom stereocenters. The van der Waals surface area contributed by atoms with E-state index in [0.717, 1.165) is 37.0 Å². The highest BCUT2D eigenvalue weighted by molar-refractivity contribution is 5.50. The van der Waals surface area contributed by atoms with Crippen molar-refractivity contribution < 1.29 is 4.74 Å². The average Bonchev–Trinajstić information content (AvgIpc) is 3.27. The van der Waals surface area contributed by atoms with E-state index in [0.29, 0.717) is 12.0 Å². The van der Waals surface area contributed by atoms with Crippen LogP contribution in [-0.2, 0) is 4.74 Å². The van der Waals surface area contributed by atoms with Crippen LogP contribution in [0.5, 0.6) is 0 Å². The first-order valence-electron chi connectivity index (χ1n) is 7.50. The molecular formula is C15H26N4O. The van der Waals surface area contributed by atoms with Crippen LogP contribution < -0.4 is 10.2 Å². The van der Waals surface area contributed by atoms with Crippen molar-refractivity contribution >= 4 is 11.8 Å². The largest absolute Gasteiger partial charge is 0.383 e. The predicted octanol–water partition coefficient (Wildman–Crippen LogP) is 2.47. The van der Waals surface area contributed by atoms with E-state index in [1.165, 1.54) is 12.8 Å². The Morgan fingerprint density at radius 2 is 2.25 bits per heavy atom. The summed E-state index contributed by atoms with van der Waals surface area (Å²) in [6, 6.07) is 0.508. The van der Waals surface area contributed by atoms with Crippen LogP contribution in [-0.4, -0.2) is 42.8 Å². The quantitative estimate of drug-likeness (QED) is 0.791. The van der Waals surface area contributed by atoms with E-state index in [1.807, 2.05) is 6.20 Å². The van der Waals surface area contributed by atoms with Gasteiger partial charge < -0.3 is 15.0 Å². The molecule has 20 heavy (non-hydrogen) atoms. The van der Waals surface area contributed by atoms with Crippen molar-refractivity contribution in [1.29, 1.82) is 0 Å². The number of methoxy groups -OCH3 is 1. The van der Waals surface area contributed by atoms with Gasteiger partial charge in [0.1, 0.15) is 5.82 Å². The van der Waals surface area contributed by atoms with Crippen molar-refractivity contribution in [3.05, 3.63) is 11.8 Å². The lowest BCUT2D eigenvalue weighted by Gasteiger charge is -2.31. The number of rotatable bonds is 8. The number of nitrogens with zero attached hydrogens (tertiary/aromatic N) is 3. The fourth-order valence-electron chi connectivity index (χ4n) is 2.49. The van der Waals surface area contributed by atoms with Crippen molar-refractivity contribution in [2.75, 3.05) is 37.0 Å². The van der Waals surface area contributed by atoms with E-state index in [4.69, 9.17) is 9.72 Å². The highest BCUT2D eigenvalue weighted by atomic mass is 16.5. The first kappa shape index (κ1) is 15.0. The van der Waals surface area contributed by atoms with Gasteiger partial charge >= 0.3 is 0 Å². The third-order valence-electron chi connectivity index (χ3n) is 3.88. The van der Waals surface area contributed by atoms with Crippen LogP contribution in [0.15, 0.2) is 6.20 Å². The molecule has 1 unspecified atom stereocenters. The third-order valence-corrected chi connectivity index (χ3v) is 3.88. The van der Waals surface area contributed by atoms with Crippen molar-refractivity contribution in [2.24, 2.45) is 5.92 Å². The molecule has 1 aromatic rings. The topological polar surface area (TPSA) is 50.3 Å². The van der Waals surface area contributed by atoms with Gasteiger partial charge in [-0.3, -0.25) is 0 Å². The molecule has 1 saturated carbocycles. The van der Waals surface area contributed by atoms with Gasteiger partial charge in [0.25, 0.3) is 0 Å². The fraction of sp³-hybridized carbons (Fsp3) is 0.733. The summed E-state index contributed by atoms with van der Waals surface area (Å²) in [7, 11) is 1.75. The lowest BCUT2D eigenvalue weighted by atomic mass is 10.1. The second kappa shape index (κ2) is 6.88. The second-order valence-corrected chi connectivity index (χ2v) is 5.49. The minimum Gasteiger partial charge on any atom is -0.383 e. The smallest absolute Gasteiger partial charge is 0.224 e. The summed E-state index contributed by atoms with van der Waals surface area (Å²) in [6.45, 7) is 8.85. The monoisotopic (exact) mass is 278 g/mol. The van der Waals surface area contributed by atoms with E-state index in [-0.39, 0.29) is 0 Å². The summed E-state index contributed by atoms with van der Waals surface area (Å²) in [5, 5.41) is 3.19. The molecule has 112 valence electrons. The van der Waals surface area contributed by atoms with Gasteiger partial charge in [0.15, 0.2) is 0 Å². The maximum Gasteiger partial charge on any atom is 0.224 e. The lowest BCUT2D eigenvalue weighted by molar-refractivity contribution is 0.202. The molecule has 0 saturated heterocycles. The number of nitrogens with one attached hydrogen (secondary N) is 1. The summed E-state index contributed by atoms with van der Waals surface area (Å²) >= 11 is 0. The molecule has 0 aromatic carbocycles. The van der Waals surface area contributed by atoms with Gasteiger partial charge in [-0.05, 0) is 39.5 Å². The van der Waals surface area contributed by atoms with E-state index in [9.17, 15) is 0 Å². The predicted molar refractivity (Wildman–Crippen MR) is 82.3 cm³/mol. The molecule has 0 radical (unpaired) electrons. The van der Waals surface area contributed by atoms with Gasteiger partial charge in [-0.2, -0.15) is 4.98 Å². The molecule has 0 amide bonds. The molecule has 0 aliphatic heterocycles. The Hall–Kier alpha value is -1.36. The number of aryl methyl sites for hydroxylation is 1. The fourth-order valence-corrected chi connectivity index (χ4v) is 2.49. The van der Waals surface area contributed by atoms with Gasteiger partial charge in [0.05, 0.1) is 6.61 Å². The van der Waals surface area contributed by atoms with E-state index in [2.05, 4.69) is 36.0 Å². The molecule has 5 heteroatoms. The highest BCUT2D eigenvalue weighted by Gasteiger charge is 2.33. The van der Waals surface area contributed by atoms with Gasteiger partial charge in [0.2, 0.25) is 5.95 Å². The average molecular weight is 278 g/mol. The van der Waals surface area contributed by atoms with Crippen LogP contribution in [0.1, 0.15) is 32.3 Å². The number of hydrogen-bond donors (Lipinski definition) is 1. The lowest BCUT2D eigenvalue weighted by Crippen LogP contribution is -2.38. The Morgan fingerprint density at radius 1 is 1.50 bits per heavy atom. The number of anilines is 2. The van der Waals surface area contributed by atoms with Crippen LogP contribution in [0, 0.1) is 12.8 Å². The van der Waals surface area contributed by atoms with Crippen molar-refractivity contribution in [2.45, 2.75) is 39.7 Å². The summed E-state index contributed by atoms with van der Waals surface area (Å²) in [6.07, 6.45) is 4.56. The van der Waals surface area contributed by atoms with Crippen molar-refractivity contribution in [3.8, 4) is 0 Å². The molecular weight excluding hydrogens is 252 g/mol. The Labute approximate surface area is 121 Å². The Morgan fingerprint density at radius 3 is 2.85 bits per heavy atom. The maximum absolute atomic E-state index is 5.26. The molecule has 2 rings (SSSR count). The molecule has 0 spiro atoms. The zero-order valence-corrected chi connectivity index (χ0v) is 13.0. The number of aromatic nitrogens is 2. The maximum atomic E-state index is 5.26. The molecule has 1 fully saturated rings. The SMILES string of the molecule is CCNc1ncc(C)c(N(CCOC)C(C)C2CC2)n1. The first-order valence-corrected chi connectivity index (χ1v) is 7.50. The Bertz CT molecular complexity index is 434. The van der Waals surface area contributed by atoms with Crippen molar-refractivity contribution in [3.63, 3.8) is 0 Å². The van der Waals surface area contributed by atoms with Crippen LogP contribution in [0.4, 0.5) is 11.8 Å². The molecule has 1 N–H and O–H groups in total. The number of ether oxygens (including phenoxy) is 1. The number of hydrogen-bond acceptors (Lipinski definition) is 5. The van der Waals surface area contributed by atoms with Crippen LogP contribution in [0.3, 0.4) is 0 Å². The van der Waals surface area contributed by atoms with Crippen LogP contribution in [0.2, 0.25) is 0 Å². The van der Waals surface area contributed by atoms with E-state index < -0.39 is 0 Å². The Kier molecular flexibility index (Phi) is 5.17. The summed E-state index contributed by atoms with van der Waals surface area (Å²) in [5.41, 5.74) is 1.12. The molecule has 5 nitrogen and oxygen atoms in total. The summed E-state index contributed by atoms with van der Waals surface area (Å²) in [5.74, 6) is 2.54. The first-order chi connectivity index (χ1) is 9.67. The Balaban J connectivity index is 2.23. The van der Waals surface area contributed by atoms with Crippen LogP contribution in [0.25, 0.3) is 0 Å². The van der Waals surface area contributed by atoms with Crippen molar-refractivity contribution in [1.82, 2.24) is 9.97 Å². The molecule has 1 aliphatic carbocycles. The van der Waals surface area contributed by atoms with Gasteiger partial charge in [-0.15, -0.1) is 0 Å². The zero-order chi connectivity index (χ0) is 14.5. The van der Waals surface area contributed by atoms with Gasteiger partial charge in [0, 0.05) is 38.0 Å². The van der Waals surface area contributed by atoms with Gasteiger partial charge in [-0.1, -0.05) is 0 Å².